The van der Waals surface area contributed by atoms with Gasteiger partial charge in [-0.1, -0.05) is 12.1 Å². The zero-order valence-electron chi connectivity index (χ0n) is 12.5. The number of likely N-dealkylation sites (tertiary alicyclic amines) is 1. The van der Waals surface area contributed by atoms with Gasteiger partial charge in [0.1, 0.15) is 11.4 Å². The van der Waals surface area contributed by atoms with Gasteiger partial charge in [0.2, 0.25) is 0 Å². The van der Waals surface area contributed by atoms with Gasteiger partial charge in [0, 0.05) is 25.1 Å². The van der Waals surface area contributed by atoms with Gasteiger partial charge in [-0.15, -0.1) is 0 Å². The number of anilines is 1. The number of aromatic nitrogens is 1. The topological polar surface area (TPSA) is 81.6 Å². The van der Waals surface area contributed by atoms with E-state index in [1.807, 2.05) is 20.8 Å². The SMILES string of the molecule is CC1CN(C(=O)OC(C)(C)C)CCC1c1cc(N)no1. The minimum atomic E-state index is -0.462. The average Bonchev–Trinajstić information content (AvgIpc) is 2.73. The molecule has 0 aliphatic carbocycles. The molecule has 6 nitrogen and oxygen atoms in total. The van der Waals surface area contributed by atoms with E-state index < -0.39 is 5.60 Å². The van der Waals surface area contributed by atoms with Crippen molar-refractivity contribution >= 4 is 11.9 Å². The van der Waals surface area contributed by atoms with Gasteiger partial charge in [-0.2, -0.15) is 0 Å². The first-order valence-corrected chi connectivity index (χ1v) is 6.96. The molecule has 2 unspecified atom stereocenters. The lowest BCUT2D eigenvalue weighted by atomic mass is 9.85. The molecule has 0 aromatic carbocycles. The standard InChI is InChI=1S/C14H23N3O3/c1-9-8-17(13(18)19-14(2,3)4)6-5-10(9)11-7-12(15)16-20-11/h7,9-10H,5-6,8H2,1-4H3,(H2,15,16). The van der Waals surface area contributed by atoms with Gasteiger partial charge < -0.3 is 19.9 Å². The molecule has 0 spiro atoms. The van der Waals surface area contributed by atoms with Crippen LogP contribution in [0.15, 0.2) is 10.6 Å². The minimum Gasteiger partial charge on any atom is -0.444 e. The monoisotopic (exact) mass is 281 g/mol. The molecule has 20 heavy (non-hydrogen) atoms. The normalized spacial score (nSPS) is 23.7. The summed E-state index contributed by atoms with van der Waals surface area (Å²) in [6, 6.07) is 1.77. The number of ether oxygens (including phenoxy) is 1. The molecule has 1 aromatic rings. The van der Waals surface area contributed by atoms with Gasteiger partial charge >= 0.3 is 6.09 Å². The zero-order valence-corrected chi connectivity index (χ0v) is 12.5. The number of nitrogens with zero attached hydrogens (tertiary/aromatic N) is 2. The summed E-state index contributed by atoms with van der Waals surface area (Å²) in [6.45, 7) is 9.03. The molecule has 6 heteroatoms. The van der Waals surface area contributed by atoms with Crippen LogP contribution in [-0.4, -0.2) is 34.8 Å². The first-order chi connectivity index (χ1) is 9.26. The number of amides is 1. The molecule has 1 aliphatic rings. The fourth-order valence-electron chi connectivity index (χ4n) is 2.54. The number of nitrogens with two attached hydrogens (primary N) is 1. The summed E-state index contributed by atoms with van der Waals surface area (Å²) in [7, 11) is 0. The Kier molecular flexibility index (Phi) is 3.92. The molecule has 2 atom stereocenters. The van der Waals surface area contributed by atoms with Crippen LogP contribution in [0.4, 0.5) is 10.6 Å². The Bertz CT molecular complexity index is 478. The summed E-state index contributed by atoms with van der Waals surface area (Å²) in [5, 5.41) is 3.73. The molecule has 2 heterocycles. The number of carbonyl (C=O) groups excluding carboxylic acids is 1. The summed E-state index contributed by atoms with van der Waals surface area (Å²) in [5.41, 5.74) is 5.12. The van der Waals surface area contributed by atoms with Gasteiger partial charge in [0.25, 0.3) is 0 Å². The second-order valence-corrected chi connectivity index (χ2v) is 6.45. The van der Waals surface area contributed by atoms with E-state index in [0.29, 0.717) is 18.9 Å². The van der Waals surface area contributed by atoms with Gasteiger partial charge in [-0.3, -0.25) is 0 Å². The largest absolute Gasteiger partial charge is 0.444 e. The molecule has 1 saturated heterocycles. The van der Waals surface area contributed by atoms with Crippen molar-refractivity contribution in [2.75, 3.05) is 18.8 Å². The Balaban J connectivity index is 1.97. The van der Waals surface area contributed by atoms with Crippen LogP contribution in [0.3, 0.4) is 0 Å². The van der Waals surface area contributed by atoms with E-state index in [1.165, 1.54) is 0 Å². The second kappa shape index (κ2) is 5.34. The molecule has 0 radical (unpaired) electrons. The minimum absolute atomic E-state index is 0.249. The lowest BCUT2D eigenvalue weighted by Crippen LogP contribution is -2.44. The van der Waals surface area contributed by atoms with Gasteiger partial charge in [-0.05, 0) is 33.1 Å². The van der Waals surface area contributed by atoms with Gasteiger partial charge in [0.05, 0.1) is 0 Å². The summed E-state index contributed by atoms with van der Waals surface area (Å²) in [6.07, 6.45) is 0.578. The number of hydrogen-bond acceptors (Lipinski definition) is 5. The Labute approximate surface area is 119 Å². The molecule has 1 aliphatic heterocycles. The van der Waals surface area contributed by atoms with E-state index in [9.17, 15) is 4.79 Å². The van der Waals surface area contributed by atoms with Gasteiger partial charge in [0.15, 0.2) is 5.82 Å². The van der Waals surface area contributed by atoms with Crippen molar-refractivity contribution in [3.63, 3.8) is 0 Å². The van der Waals surface area contributed by atoms with Crippen molar-refractivity contribution in [2.45, 2.75) is 45.6 Å². The van der Waals surface area contributed by atoms with Crippen LogP contribution < -0.4 is 5.73 Å². The predicted octanol–water partition coefficient (Wildman–Crippen LogP) is 2.62. The third kappa shape index (κ3) is 3.43. The van der Waals surface area contributed by atoms with Crippen LogP contribution in [0.5, 0.6) is 0 Å². The maximum absolute atomic E-state index is 12.1. The Morgan fingerprint density at radius 2 is 2.25 bits per heavy atom. The summed E-state index contributed by atoms with van der Waals surface area (Å²) in [4.78, 5) is 13.8. The highest BCUT2D eigenvalue weighted by Gasteiger charge is 2.33. The van der Waals surface area contributed by atoms with Crippen LogP contribution in [0.25, 0.3) is 0 Å². The van der Waals surface area contributed by atoms with Crippen LogP contribution in [-0.2, 0) is 4.74 Å². The number of carbonyl (C=O) groups is 1. The zero-order chi connectivity index (χ0) is 14.9. The number of piperidine rings is 1. The first-order valence-electron chi connectivity index (χ1n) is 6.96. The quantitative estimate of drug-likeness (QED) is 0.855. The van der Waals surface area contributed by atoms with Crippen LogP contribution in [0.1, 0.15) is 45.8 Å². The van der Waals surface area contributed by atoms with Crippen molar-refractivity contribution in [3.8, 4) is 0 Å². The average molecular weight is 281 g/mol. The second-order valence-electron chi connectivity index (χ2n) is 6.45. The van der Waals surface area contributed by atoms with Crippen molar-refractivity contribution in [1.29, 1.82) is 0 Å². The van der Waals surface area contributed by atoms with E-state index in [0.717, 1.165) is 12.2 Å². The fourth-order valence-corrected chi connectivity index (χ4v) is 2.54. The highest BCUT2D eigenvalue weighted by atomic mass is 16.6. The number of nitrogen functional groups attached to an aromatic ring is 1. The molecule has 2 N–H and O–H groups in total. The molecule has 1 aromatic heterocycles. The van der Waals surface area contributed by atoms with Crippen molar-refractivity contribution in [3.05, 3.63) is 11.8 Å². The van der Waals surface area contributed by atoms with Crippen LogP contribution >= 0.6 is 0 Å². The van der Waals surface area contributed by atoms with Crippen LogP contribution in [0.2, 0.25) is 0 Å². The Hall–Kier alpha value is -1.72. The Morgan fingerprint density at radius 1 is 1.55 bits per heavy atom. The summed E-state index contributed by atoms with van der Waals surface area (Å²) in [5.74, 6) is 1.74. The lowest BCUT2D eigenvalue weighted by molar-refractivity contribution is 0.0145. The molecule has 112 valence electrons. The molecule has 1 amide bonds. The summed E-state index contributed by atoms with van der Waals surface area (Å²) < 4.78 is 10.6. The van der Waals surface area contributed by atoms with E-state index in [2.05, 4.69) is 12.1 Å². The maximum Gasteiger partial charge on any atom is 0.410 e. The van der Waals surface area contributed by atoms with E-state index in [1.54, 1.807) is 11.0 Å². The molecule has 2 rings (SSSR count). The van der Waals surface area contributed by atoms with Crippen molar-refractivity contribution < 1.29 is 14.1 Å². The number of hydrogen-bond donors (Lipinski definition) is 1. The smallest absolute Gasteiger partial charge is 0.410 e. The van der Waals surface area contributed by atoms with Crippen LogP contribution in [0, 0.1) is 5.92 Å². The van der Waals surface area contributed by atoms with E-state index in [4.69, 9.17) is 15.0 Å². The first kappa shape index (κ1) is 14.7. The van der Waals surface area contributed by atoms with E-state index >= 15 is 0 Å². The molecular formula is C14H23N3O3. The molecular weight excluding hydrogens is 258 g/mol. The fraction of sp³-hybridized carbons (Fsp3) is 0.714. The van der Waals surface area contributed by atoms with Gasteiger partial charge in [-0.25, -0.2) is 4.79 Å². The Morgan fingerprint density at radius 3 is 2.75 bits per heavy atom. The highest BCUT2D eigenvalue weighted by molar-refractivity contribution is 5.68. The molecule has 1 fully saturated rings. The molecule has 0 saturated carbocycles. The maximum atomic E-state index is 12.1. The summed E-state index contributed by atoms with van der Waals surface area (Å²) >= 11 is 0. The number of rotatable bonds is 1. The third-order valence-electron chi connectivity index (χ3n) is 3.47. The highest BCUT2D eigenvalue weighted by Crippen LogP contribution is 2.33. The van der Waals surface area contributed by atoms with Crippen molar-refractivity contribution in [2.24, 2.45) is 5.92 Å². The third-order valence-corrected chi connectivity index (χ3v) is 3.47. The van der Waals surface area contributed by atoms with E-state index in [-0.39, 0.29) is 17.9 Å². The van der Waals surface area contributed by atoms with Crippen molar-refractivity contribution in [1.82, 2.24) is 10.1 Å². The lowest BCUT2D eigenvalue weighted by Gasteiger charge is -2.36. The predicted molar refractivity (Wildman–Crippen MR) is 75.2 cm³/mol. The molecule has 0 bridgehead atoms.